The first-order valence-corrected chi connectivity index (χ1v) is 8.72. The second-order valence-corrected chi connectivity index (χ2v) is 6.21. The number of likely N-dealkylation sites (N-methyl/N-ethyl adjacent to an activating group) is 1. The molecule has 0 saturated heterocycles. The number of nitrogens with one attached hydrogen (secondary N) is 1. The van der Waals surface area contributed by atoms with E-state index in [0.717, 1.165) is 29.2 Å². The third-order valence-corrected chi connectivity index (χ3v) is 4.33. The Kier molecular flexibility index (Phi) is 5.64. The molecule has 1 N–H and O–H groups in total. The molecular formula is C22H23N3O. The number of hydrogen-bond acceptors (Lipinski definition) is 3. The van der Waals surface area contributed by atoms with E-state index in [1.54, 1.807) is 0 Å². The number of benzene rings is 2. The number of pyridine rings is 1. The summed E-state index contributed by atoms with van der Waals surface area (Å²) < 4.78 is 0. The molecule has 0 radical (unpaired) electrons. The summed E-state index contributed by atoms with van der Waals surface area (Å²) in [5, 5.41) is 2.98. The maximum Gasteiger partial charge on any atom is 0.253 e. The molecule has 1 amide bonds. The summed E-state index contributed by atoms with van der Waals surface area (Å²) in [5.74, 6) is -0.0870. The molecule has 132 valence electrons. The molecule has 4 nitrogen and oxygen atoms in total. The molecular weight excluding hydrogens is 322 g/mol. The average molecular weight is 345 g/mol. The zero-order chi connectivity index (χ0) is 18.4. The smallest absolute Gasteiger partial charge is 0.253 e. The first-order valence-electron chi connectivity index (χ1n) is 8.72. The second kappa shape index (κ2) is 8.30. The third-order valence-electron chi connectivity index (χ3n) is 4.33. The SMILES string of the molecule is Cc1nc(-c2ccccc2)ccc1C(=O)NCCN(C)c1ccccc1. The lowest BCUT2D eigenvalue weighted by atomic mass is 10.1. The first kappa shape index (κ1) is 17.7. The van der Waals surface area contributed by atoms with Crippen molar-refractivity contribution in [2.24, 2.45) is 0 Å². The van der Waals surface area contributed by atoms with E-state index in [-0.39, 0.29) is 5.91 Å². The van der Waals surface area contributed by atoms with Gasteiger partial charge in [0.1, 0.15) is 0 Å². The van der Waals surface area contributed by atoms with Crippen LogP contribution < -0.4 is 10.2 Å². The fourth-order valence-electron chi connectivity index (χ4n) is 2.81. The topological polar surface area (TPSA) is 45.2 Å². The van der Waals surface area contributed by atoms with Gasteiger partial charge in [0.2, 0.25) is 0 Å². The lowest BCUT2D eigenvalue weighted by Crippen LogP contribution is -2.33. The summed E-state index contributed by atoms with van der Waals surface area (Å²) in [5.41, 5.74) is 4.41. The fraction of sp³-hybridized carbons (Fsp3) is 0.182. The van der Waals surface area contributed by atoms with Gasteiger partial charge in [0.25, 0.3) is 5.91 Å². The van der Waals surface area contributed by atoms with E-state index in [0.29, 0.717) is 12.1 Å². The highest BCUT2D eigenvalue weighted by Gasteiger charge is 2.11. The largest absolute Gasteiger partial charge is 0.373 e. The van der Waals surface area contributed by atoms with Gasteiger partial charge in [-0.1, -0.05) is 48.5 Å². The Morgan fingerprint density at radius 3 is 2.27 bits per heavy atom. The Hall–Kier alpha value is -3.14. The molecule has 0 aliphatic rings. The van der Waals surface area contributed by atoms with Crippen LogP contribution in [0, 0.1) is 6.92 Å². The highest BCUT2D eigenvalue weighted by atomic mass is 16.1. The number of carbonyl (C=O) groups excluding carboxylic acids is 1. The molecule has 0 bridgehead atoms. The maximum atomic E-state index is 12.5. The number of carbonyl (C=O) groups is 1. The Bertz CT molecular complexity index is 863. The molecule has 0 unspecified atom stereocenters. The molecule has 4 heteroatoms. The van der Waals surface area contributed by atoms with Crippen LogP contribution in [0.15, 0.2) is 72.8 Å². The molecule has 0 spiro atoms. The van der Waals surface area contributed by atoms with Crippen LogP contribution in [0.2, 0.25) is 0 Å². The van der Waals surface area contributed by atoms with Gasteiger partial charge < -0.3 is 10.2 Å². The second-order valence-electron chi connectivity index (χ2n) is 6.21. The van der Waals surface area contributed by atoms with Gasteiger partial charge in [-0.2, -0.15) is 0 Å². The summed E-state index contributed by atoms with van der Waals surface area (Å²) in [7, 11) is 2.02. The van der Waals surface area contributed by atoms with E-state index >= 15 is 0 Å². The minimum Gasteiger partial charge on any atom is -0.373 e. The zero-order valence-electron chi connectivity index (χ0n) is 15.1. The van der Waals surface area contributed by atoms with Crippen molar-refractivity contribution in [2.45, 2.75) is 6.92 Å². The molecule has 0 aliphatic heterocycles. The first-order chi connectivity index (χ1) is 12.6. The predicted octanol–water partition coefficient (Wildman–Crippen LogP) is 3.92. The van der Waals surface area contributed by atoms with Crippen molar-refractivity contribution in [2.75, 3.05) is 25.0 Å². The van der Waals surface area contributed by atoms with Crippen LogP contribution in [0.25, 0.3) is 11.3 Å². The van der Waals surface area contributed by atoms with Crippen molar-refractivity contribution in [3.8, 4) is 11.3 Å². The van der Waals surface area contributed by atoms with E-state index in [4.69, 9.17) is 0 Å². The molecule has 26 heavy (non-hydrogen) atoms. The van der Waals surface area contributed by atoms with Gasteiger partial charge in [0.15, 0.2) is 0 Å². The van der Waals surface area contributed by atoms with E-state index < -0.39 is 0 Å². The summed E-state index contributed by atoms with van der Waals surface area (Å²) in [6.45, 7) is 3.19. The van der Waals surface area contributed by atoms with Crippen LogP contribution in [0.1, 0.15) is 16.1 Å². The summed E-state index contributed by atoms with van der Waals surface area (Å²) in [6, 6.07) is 23.8. The van der Waals surface area contributed by atoms with E-state index in [1.807, 2.05) is 74.6 Å². The normalized spacial score (nSPS) is 10.4. The van der Waals surface area contributed by atoms with E-state index in [9.17, 15) is 4.79 Å². The summed E-state index contributed by atoms with van der Waals surface area (Å²) in [6.07, 6.45) is 0. The summed E-state index contributed by atoms with van der Waals surface area (Å²) >= 11 is 0. The zero-order valence-corrected chi connectivity index (χ0v) is 15.1. The van der Waals surface area contributed by atoms with Gasteiger partial charge in [-0.3, -0.25) is 9.78 Å². The number of para-hydroxylation sites is 1. The van der Waals surface area contributed by atoms with Crippen molar-refractivity contribution in [3.05, 3.63) is 84.1 Å². The Balaban J connectivity index is 1.60. The lowest BCUT2D eigenvalue weighted by molar-refractivity contribution is 0.0953. The fourth-order valence-corrected chi connectivity index (χ4v) is 2.81. The van der Waals surface area contributed by atoms with Crippen LogP contribution in [0.4, 0.5) is 5.69 Å². The number of amides is 1. The standard InChI is InChI=1S/C22H23N3O/c1-17-20(13-14-21(24-17)18-9-5-3-6-10-18)22(26)23-15-16-25(2)19-11-7-4-8-12-19/h3-14H,15-16H2,1-2H3,(H,23,26). The number of anilines is 1. The van der Waals surface area contributed by atoms with Crippen LogP contribution in [-0.2, 0) is 0 Å². The van der Waals surface area contributed by atoms with Gasteiger partial charge in [-0.05, 0) is 31.2 Å². The van der Waals surface area contributed by atoms with Gasteiger partial charge in [-0.15, -0.1) is 0 Å². The minimum absolute atomic E-state index is 0.0870. The molecule has 2 aromatic carbocycles. The Morgan fingerprint density at radius 1 is 0.962 bits per heavy atom. The number of aromatic nitrogens is 1. The quantitative estimate of drug-likeness (QED) is 0.736. The molecule has 1 aromatic heterocycles. The number of aryl methyl sites for hydroxylation is 1. The van der Waals surface area contributed by atoms with Crippen LogP contribution in [0.3, 0.4) is 0 Å². The van der Waals surface area contributed by atoms with Crippen molar-refractivity contribution < 1.29 is 4.79 Å². The highest BCUT2D eigenvalue weighted by Crippen LogP contribution is 2.18. The van der Waals surface area contributed by atoms with Crippen LogP contribution in [0.5, 0.6) is 0 Å². The number of rotatable bonds is 6. The number of nitrogens with zero attached hydrogens (tertiary/aromatic N) is 2. The van der Waals surface area contributed by atoms with Crippen molar-refractivity contribution >= 4 is 11.6 Å². The number of hydrogen-bond donors (Lipinski definition) is 1. The van der Waals surface area contributed by atoms with E-state index in [1.165, 1.54) is 0 Å². The molecule has 0 atom stereocenters. The van der Waals surface area contributed by atoms with Gasteiger partial charge in [0, 0.05) is 31.4 Å². The van der Waals surface area contributed by atoms with Gasteiger partial charge >= 0.3 is 0 Å². The van der Waals surface area contributed by atoms with E-state index in [2.05, 4.69) is 27.3 Å². The minimum atomic E-state index is -0.0870. The average Bonchev–Trinajstić information content (AvgIpc) is 2.69. The van der Waals surface area contributed by atoms with Crippen LogP contribution >= 0.6 is 0 Å². The van der Waals surface area contributed by atoms with Crippen molar-refractivity contribution in [1.29, 1.82) is 0 Å². The highest BCUT2D eigenvalue weighted by molar-refractivity contribution is 5.95. The van der Waals surface area contributed by atoms with Crippen LogP contribution in [-0.4, -0.2) is 31.0 Å². The predicted molar refractivity (Wildman–Crippen MR) is 106 cm³/mol. The van der Waals surface area contributed by atoms with Gasteiger partial charge in [-0.25, -0.2) is 0 Å². The monoisotopic (exact) mass is 345 g/mol. The van der Waals surface area contributed by atoms with Crippen molar-refractivity contribution in [3.63, 3.8) is 0 Å². The Labute approximate surface area is 154 Å². The Morgan fingerprint density at radius 2 is 1.62 bits per heavy atom. The lowest BCUT2D eigenvalue weighted by Gasteiger charge is -2.19. The van der Waals surface area contributed by atoms with Gasteiger partial charge in [0.05, 0.1) is 17.0 Å². The summed E-state index contributed by atoms with van der Waals surface area (Å²) in [4.78, 5) is 19.2. The molecule has 0 aliphatic carbocycles. The molecule has 3 aromatic rings. The molecule has 1 heterocycles. The van der Waals surface area contributed by atoms with Crippen molar-refractivity contribution in [1.82, 2.24) is 10.3 Å². The maximum absolute atomic E-state index is 12.5. The molecule has 0 saturated carbocycles. The molecule has 0 fully saturated rings. The third kappa shape index (κ3) is 4.28. The molecule has 3 rings (SSSR count).